The summed E-state index contributed by atoms with van der Waals surface area (Å²) < 4.78 is 22.0. The van der Waals surface area contributed by atoms with Crippen molar-refractivity contribution in [3.63, 3.8) is 0 Å². The minimum absolute atomic E-state index is 0.131. The Morgan fingerprint density at radius 1 is 0.533 bits per heavy atom. The van der Waals surface area contributed by atoms with E-state index in [-0.39, 0.29) is 45.3 Å². The molecular formula is C34H36N4O7. The zero-order valence-electron chi connectivity index (χ0n) is 26.2. The number of carbonyl (C=O) groups is 3. The molecule has 5 N–H and O–H groups in total. The third-order valence-corrected chi connectivity index (χ3v) is 6.93. The molecule has 45 heavy (non-hydrogen) atoms. The average Bonchev–Trinajstić information content (AvgIpc) is 3.00. The van der Waals surface area contributed by atoms with Gasteiger partial charge >= 0.3 is 0 Å². The van der Waals surface area contributed by atoms with Gasteiger partial charge < -0.3 is 40.6 Å². The van der Waals surface area contributed by atoms with Crippen LogP contribution in [-0.2, 0) is 0 Å². The third kappa shape index (κ3) is 6.93. The summed E-state index contributed by atoms with van der Waals surface area (Å²) in [5, 5.41) is 8.52. The number of amides is 3. The molecule has 4 rings (SSSR count). The maximum Gasteiger partial charge on any atom is 0.259 e. The Labute approximate surface area is 261 Å². The Bertz CT molecular complexity index is 1790. The first-order valence-electron chi connectivity index (χ1n) is 13.9. The van der Waals surface area contributed by atoms with E-state index in [4.69, 9.17) is 24.7 Å². The van der Waals surface area contributed by atoms with Gasteiger partial charge in [0.1, 0.15) is 5.75 Å². The van der Waals surface area contributed by atoms with Crippen molar-refractivity contribution < 1.29 is 33.3 Å². The molecule has 234 valence electrons. The number of methoxy groups -OCH3 is 4. The summed E-state index contributed by atoms with van der Waals surface area (Å²) in [5.74, 6) is -0.491. The first-order chi connectivity index (χ1) is 21.5. The molecule has 0 aliphatic rings. The second-order valence-corrected chi connectivity index (χ2v) is 10.3. The molecule has 0 heterocycles. The van der Waals surface area contributed by atoms with Crippen molar-refractivity contribution in [3.05, 3.63) is 94.0 Å². The van der Waals surface area contributed by atoms with E-state index in [1.165, 1.54) is 28.4 Å². The molecule has 0 unspecified atom stereocenters. The lowest BCUT2D eigenvalue weighted by atomic mass is 10.0. The summed E-state index contributed by atoms with van der Waals surface area (Å²) in [5.41, 5.74) is 10.1. The zero-order valence-corrected chi connectivity index (χ0v) is 26.2. The molecule has 0 saturated carbocycles. The molecule has 4 aromatic carbocycles. The highest BCUT2D eigenvalue weighted by Crippen LogP contribution is 2.36. The van der Waals surface area contributed by atoms with Crippen LogP contribution in [0.1, 0.15) is 47.8 Å². The predicted molar refractivity (Wildman–Crippen MR) is 174 cm³/mol. The number of aryl methyl sites for hydroxylation is 3. The van der Waals surface area contributed by atoms with Gasteiger partial charge in [0.25, 0.3) is 17.7 Å². The second-order valence-electron chi connectivity index (χ2n) is 10.3. The zero-order chi connectivity index (χ0) is 32.8. The van der Waals surface area contributed by atoms with Crippen LogP contribution in [-0.4, -0.2) is 46.2 Å². The van der Waals surface area contributed by atoms with E-state index in [0.717, 1.165) is 5.56 Å². The second kappa shape index (κ2) is 13.7. The molecule has 11 heteroatoms. The number of anilines is 4. The van der Waals surface area contributed by atoms with Crippen molar-refractivity contribution in [2.45, 2.75) is 20.8 Å². The minimum atomic E-state index is -0.552. The molecule has 0 atom stereocenters. The van der Waals surface area contributed by atoms with E-state index < -0.39 is 17.7 Å². The van der Waals surface area contributed by atoms with Crippen LogP contribution in [0.5, 0.6) is 23.0 Å². The highest BCUT2D eigenvalue weighted by Gasteiger charge is 2.24. The largest absolute Gasteiger partial charge is 0.495 e. The number of nitrogens with one attached hydrogen (secondary N) is 3. The van der Waals surface area contributed by atoms with Gasteiger partial charge in [-0.1, -0.05) is 12.1 Å². The number of nitrogens with two attached hydrogens (primary N) is 1. The van der Waals surface area contributed by atoms with Crippen molar-refractivity contribution in [1.29, 1.82) is 0 Å². The standard InChI is InChI=1S/C34H36N4O7/c1-18-12-21(29(43-5)24(35)15-18)32(39)37-26-16-20(3)14-23(31(26)45-7)34(41)38-27-17-19(2)13-22(30(27)44-6)33(40)36-25-10-8-9-11-28(25)42-4/h8-17H,35H2,1-7H3,(H,36,40)(H,37,39)(H,38,41). The molecule has 0 spiro atoms. The molecule has 4 aromatic rings. The number of carbonyl (C=O) groups excluding carboxylic acids is 3. The minimum Gasteiger partial charge on any atom is -0.495 e. The third-order valence-electron chi connectivity index (χ3n) is 6.93. The van der Waals surface area contributed by atoms with Gasteiger partial charge in [-0.25, -0.2) is 0 Å². The Kier molecular flexibility index (Phi) is 9.82. The van der Waals surface area contributed by atoms with Gasteiger partial charge in [-0.05, 0) is 86.0 Å². The lowest BCUT2D eigenvalue weighted by Gasteiger charge is -2.19. The van der Waals surface area contributed by atoms with Gasteiger partial charge in [0.05, 0.1) is 67.9 Å². The van der Waals surface area contributed by atoms with Crippen LogP contribution in [0.4, 0.5) is 22.7 Å². The van der Waals surface area contributed by atoms with Crippen LogP contribution < -0.4 is 40.6 Å². The summed E-state index contributed by atoms with van der Waals surface area (Å²) in [7, 11) is 5.75. The first-order valence-corrected chi connectivity index (χ1v) is 13.9. The Morgan fingerprint density at radius 2 is 0.933 bits per heavy atom. The molecule has 0 radical (unpaired) electrons. The van der Waals surface area contributed by atoms with Gasteiger partial charge in [-0.3, -0.25) is 14.4 Å². The van der Waals surface area contributed by atoms with Crippen molar-refractivity contribution in [2.24, 2.45) is 0 Å². The lowest BCUT2D eigenvalue weighted by molar-refractivity contribution is 0.101. The maximum atomic E-state index is 13.8. The van der Waals surface area contributed by atoms with E-state index in [2.05, 4.69) is 16.0 Å². The fourth-order valence-corrected chi connectivity index (χ4v) is 5.02. The van der Waals surface area contributed by atoms with Crippen molar-refractivity contribution in [3.8, 4) is 23.0 Å². The van der Waals surface area contributed by atoms with Crippen molar-refractivity contribution in [1.82, 2.24) is 0 Å². The molecule has 0 bridgehead atoms. The molecule has 3 amide bonds. The smallest absolute Gasteiger partial charge is 0.259 e. The monoisotopic (exact) mass is 612 g/mol. The molecule has 0 saturated heterocycles. The number of ether oxygens (including phenoxy) is 4. The number of para-hydroxylation sites is 2. The van der Waals surface area contributed by atoms with Gasteiger partial charge in [0.15, 0.2) is 17.2 Å². The Hall–Kier alpha value is -5.71. The highest BCUT2D eigenvalue weighted by atomic mass is 16.5. The number of rotatable bonds is 10. The Morgan fingerprint density at radius 3 is 1.38 bits per heavy atom. The summed E-state index contributed by atoms with van der Waals surface area (Å²) in [6.45, 7) is 5.39. The number of hydrogen-bond acceptors (Lipinski definition) is 8. The molecule has 11 nitrogen and oxygen atoms in total. The topological polar surface area (TPSA) is 150 Å². The van der Waals surface area contributed by atoms with E-state index in [1.54, 1.807) is 74.5 Å². The summed E-state index contributed by atoms with van der Waals surface area (Å²) in [4.78, 5) is 40.5. The summed E-state index contributed by atoms with van der Waals surface area (Å²) in [6.07, 6.45) is 0. The molecule has 0 fully saturated rings. The highest BCUT2D eigenvalue weighted by molar-refractivity contribution is 6.13. The van der Waals surface area contributed by atoms with E-state index in [1.807, 2.05) is 6.92 Å². The van der Waals surface area contributed by atoms with Gasteiger partial charge in [-0.2, -0.15) is 0 Å². The quantitative estimate of drug-likeness (QED) is 0.160. The van der Waals surface area contributed by atoms with Crippen LogP contribution in [0.15, 0.2) is 60.7 Å². The van der Waals surface area contributed by atoms with Gasteiger partial charge in [0, 0.05) is 0 Å². The van der Waals surface area contributed by atoms with Crippen LogP contribution in [0.3, 0.4) is 0 Å². The molecule has 0 aliphatic carbocycles. The van der Waals surface area contributed by atoms with Gasteiger partial charge in [0.2, 0.25) is 0 Å². The fraction of sp³-hybridized carbons (Fsp3) is 0.206. The number of hydrogen-bond donors (Lipinski definition) is 4. The van der Waals surface area contributed by atoms with Crippen LogP contribution >= 0.6 is 0 Å². The SMILES string of the molecule is COc1ccccc1NC(=O)c1cc(C)cc(NC(=O)c2cc(C)cc(NC(=O)c3cc(C)cc(N)c3OC)c2OC)c1OC. The van der Waals surface area contributed by atoms with Gasteiger partial charge in [-0.15, -0.1) is 0 Å². The van der Waals surface area contributed by atoms with Crippen molar-refractivity contribution in [2.75, 3.05) is 50.1 Å². The lowest BCUT2D eigenvalue weighted by Crippen LogP contribution is -2.19. The maximum absolute atomic E-state index is 13.8. The van der Waals surface area contributed by atoms with E-state index in [0.29, 0.717) is 28.3 Å². The average molecular weight is 613 g/mol. The normalized spacial score (nSPS) is 10.5. The van der Waals surface area contributed by atoms with E-state index in [9.17, 15) is 14.4 Å². The fourth-order valence-electron chi connectivity index (χ4n) is 5.02. The summed E-state index contributed by atoms with van der Waals surface area (Å²) in [6, 6.07) is 17.0. The number of nitrogen functional groups attached to an aromatic ring is 1. The van der Waals surface area contributed by atoms with Crippen LogP contribution in [0.25, 0.3) is 0 Å². The number of benzene rings is 4. The molecule has 0 aliphatic heterocycles. The molecular weight excluding hydrogens is 576 g/mol. The predicted octanol–water partition coefficient (Wildman–Crippen LogP) is 5.99. The van der Waals surface area contributed by atoms with Crippen LogP contribution in [0, 0.1) is 20.8 Å². The van der Waals surface area contributed by atoms with Crippen molar-refractivity contribution >= 4 is 40.5 Å². The van der Waals surface area contributed by atoms with Crippen LogP contribution in [0.2, 0.25) is 0 Å². The van der Waals surface area contributed by atoms with E-state index >= 15 is 0 Å². The summed E-state index contributed by atoms with van der Waals surface area (Å²) >= 11 is 0. The Balaban J connectivity index is 1.68. The molecule has 0 aromatic heterocycles. The first kappa shape index (κ1) is 32.2.